The van der Waals surface area contributed by atoms with Crippen molar-refractivity contribution in [2.75, 3.05) is 38.8 Å². The van der Waals surface area contributed by atoms with Crippen LogP contribution in [0.3, 0.4) is 0 Å². The van der Waals surface area contributed by atoms with Crippen LogP contribution in [-0.2, 0) is 23.9 Å². The lowest BCUT2D eigenvalue weighted by atomic mass is 9.84. The van der Waals surface area contributed by atoms with Gasteiger partial charge in [0.05, 0.1) is 20.6 Å². The van der Waals surface area contributed by atoms with E-state index in [4.69, 9.17) is 4.74 Å². The number of hydrogen-bond donors (Lipinski definition) is 0. The lowest BCUT2D eigenvalue weighted by molar-refractivity contribution is -0.151. The maximum Gasteiger partial charge on any atom is 0.332 e. The summed E-state index contributed by atoms with van der Waals surface area (Å²) >= 11 is 0. The molecule has 0 radical (unpaired) electrons. The second-order valence-electron chi connectivity index (χ2n) is 6.61. The zero-order chi connectivity index (χ0) is 19.9. The van der Waals surface area contributed by atoms with Crippen LogP contribution in [0.15, 0.2) is 30.3 Å². The summed E-state index contributed by atoms with van der Waals surface area (Å²) in [5, 5.41) is 0. The van der Waals surface area contributed by atoms with Crippen molar-refractivity contribution in [2.24, 2.45) is 0 Å². The van der Waals surface area contributed by atoms with Gasteiger partial charge in [-0.25, -0.2) is 4.79 Å². The van der Waals surface area contributed by atoms with Gasteiger partial charge < -0.3 is 14.4 Å². The first-order chi connectivity index (χ1) is 13.0. The normalized spacial score (nSPS) is 15.3. The molecule has 0 aromatic heterocycles. The van der Waals surface area contributed by atoms with Gasteiger partial charge in [0.15, 0.2) is 0 Å². The highest BCUT2D eigenvalue weighted by Crippen LogP contribution is 2.35. The van der Waals surface area contributed by atoms with Crippen LogP contribution in [0.1, 0.15) is 32.6 Å². The Kier molecular flexibility index (Phi) is 11.9. The largest absolute Gasteiger partial charge is 0.469 e. The van der Waals surface area contributed by atoms with Crippen LogP contribution < -0.4 is 4.90 Å². The fraction of sp³-hybridized carbons (Fsp3) is 0.550. The number of anilines is 1. The van der Waals surface area contributed by atoms with Crippen LogP contribution >= 0.6 is 24.8 Å². The van der Waals surface area contributed by atoms with E-state index in [9.17, 15) is 14.4 Å². The van der Waals surface area contributed by atoms with E-state index in [0.29, 0.717) is 51.0 Å². The third-order valence-corrected chi connectivity index (χ3v) is 5.10. The molecule has 0 aliphatic carbocycles. The molecule has 0 N–H and O–H groups in total. The number of carbonyl (C=O) groups is 3. The van der Waals surface area contributed by atoms with Crippen LogP contribution in [0, 0.1) is 0 Å². The molecule has 1 fully saturated rings. The van der Waals surface area contributed by atoms with Gasteiger partial charge in [-0.1, -0.05) is 25.1 Å². The molecule has 1 heterocycles. The minimum absolute atomic E-state index is 0. The van der Waals surface area contributed by atoms with Gasteiger partial charge in [-0.2, -0.15) is 0 Å². The van der Waals surface area contributed by atoms with Crippen molar-refractivity contribution in [1.29, 1.82) is 0 Å². The highest BCUT2D eigenvalue weighted by molar-refractivity contribution is 6.02. The molecule has 0 spiro atoms. The van der Waals surface area contributed by atoms with Crippen molar-refractivity contribution in [1.82, 2.24) is 4.90 Å². The van der Waals surface area contributed by atoms with E-state index in [1.54, 1.807) is 11.8 Å². The first-order valence-corrected chi connectivity index (χ1v) is 9.24. The van der Waals surface area contributed by atoms with Gasteiger partial charge in [0.1, 0.15) is 5.54 Å². The van der Waals surface area contributed by atoms with E-state index < -0.39 is 11.5 Å². The Labute approximate surface area is 184 Å². The number of ether oxygens (including phenoxy) is 2. The molecule has 2 rings (SSSR count). The standard InChI is InChI=1S/C20H28N2O5.2ClH/c1-4-17(23)22(16-8-6-5-7-9-16)20(19(25)27-3)11-14-21(15-12-20)13-10-18(24)26-2;;/h5-9H,4,10-15H2,1-3H3;2*1H. The van der Waals surface area contributed by atoms with Crippen molar-refractivity contribution in [2.45, 2.75) is 38.1 Å². The minimum Gasteiger partial charge on any atom is -0.469 e. The summed E-state index contributed by atoms with van der Waals surface area (Å²) in [5.74, 6) is -0.776. The molecule has 0 bridgehead atoms. The Hall–Kier alpha value is -1.83. The lowest BCUT2D eigenvalue weighted by Crippen LogP contribution is -2.62. The summed E-state index contributed by atoms with van der Waals surface area (Å²) in [7, 11) is 2.72. The van der Waals surface area contributed by atoms with Crippen LogP contribution in [-0.4, -0.2) is 62.1 Å². The van der Waals surface area contributed by atoms with Gasteiger partial charge in [0, 0.05) is 31.7 Å². The van der Waals surface area contributed by atoms with Crippen molar-refractivity contribution >= 4 is 48.3 Å². The first-order valence-electron chi connectivity index (χ1n) is 9.24. The number of hydrogen-bond acceptors (Lipinski definition) is 6. The Morgan fingerprint density at radius 1 is 1.03 bits per heavy atom. The van der Waals surface area contributed by atoms with Gasteiger partial charge in [-0.15, -0.1) is 24.8 Å². The lowest BCUT2D eigenvalue weighted by Gasteiger charge is -2.46. The molecular formula is C20H30Cl2N2O5. The molecule has 0 unspecified atom stereocenters. The number of rotatable bonds is 7. The van der Waals surface area contributed by atoms with E-state index in [-0.39, 0.29) is 36.7 Å². The topological polar surface area (TPSA) is 76.2 Å². The monoisotopic (exact) mass is 448 g/mol. The molecule has 1 aliphatic rings. The van der Waals surface area contributed by atoms with Crippen LogP contribution in [0.2, 0.25) is 0 Å². The van der Waals surface area contributed by atoms with Crippen molar-refractivity contribution < 1.29 is 23.9 Å². The van der Waals surface area contributed by atoms with Crippen LogP contribution in [0.4, 0.5) is 5.69 Å². The minimum atomic E-state index is -1.04. The fourth-order valence-corrected chi connectivity index (χ4v) is 3.57. The van der Waals surface area contributed by atoms with E-state index in [1.165, 1.54) is 14.2 Å². The quantitative estimate of drug-likeness (QED) is 0.596. The first kappa shape index (κ1) is 27.2. The summed E-state index contributed by atoms with van der Waals surface area (Å²) in [5.41, 5.74) is -0.344. The molecule has 1 aromatic carbocycles. The number of likely N-dealkylation sites (tertiary alicyclic amines) is 1. The van der Waals surface area contributed by atoms with Crippen molar-refractivity contribution in [3.63, 3.8) is 0 Å². The summed E-state index contributed by atoms with van der Waals surface area (Å²) in [4.78, 5) is 40.7. The Bertz CT molecular complexity index is 664. The Morgan fingerprint density at radius 2 is 1.62 bits per heavy atom. The van der Waals surface area contributed by atoms with Gasteiger partial charge in [-0.05, 0) is 25.0 Å². The maximum atomic E-state index is 12.8. The number of methoxy groups -OCH3 is 2. The van der Waals surface area contributed by atoms with Gasteiger partial charge in [0.25, 0.3) is 0 Å². The van der Waals surface area contributed by atoms with Gasteiger partial charge in [0.2, 0.25) is 5.91 Å². The van der Waals surface area contributed by atoms with E-state index in [1.807, 2.05) is 30.3 Å². The second-order valence-corrected chi connectivity index (χ2v) is 6.61. The predicted molar refractivity (Wildman–Crippen MR) is 116 cm³/mol. The third kappa shape index (κ3) is 6.32. The van der Waals surface area contributed by atoms with Gasteiger partial charge >= 0.3 is 11.9 Å². The van der Waals surface area contributed by atoms with E-state index in [2.05, 4.69) is 9.64 Å². The number of carbonyl (C=O) groups excluding carboxylic acids is 3. The number of para-hydroxylation sites is 1. The third-order valence-electron chi connectivity index (χ3n) is 5.10. The fourth-order valence-electron chi connectivity index (χ4n) is 3.57. The summed E-state index contributed by atoms with van der Waals surface area (Å²) in [6.45, 7) is 3.53. The zero-order valence-corrected chi connectivity index (χ0v) is 18.7. The number of halogens is 2. The maximum absolute atomic E-state index is 12.8. The molecule has 7 nitrogen and oxygen atoms in total. The number of esters is 2. The predicted octanol–water partition coefficient (Wildman–Crippen LogP) is 2.84. The Balaban J connectivity index is 0.00000392. The molecule has 0 atom stereocenters. The number of benzene rings is 1. The molecule has 1 aliphatic heterocycles. The SMILES string of the molecule is CCC(=O)N(c1ccccc1)C1(C(=O)OC)CCN(CCC(=O)OC)CC1.Cl.Cl. The molecular weight excluding hydrogens is 419 g/mol. The molecule has 164 valence electrons. The molecule has 1 saturated heterocycles. The number of amides is 1. The van der Waals surface area contributed by atoms with Crippen LogP contribution in [0.25, 0.3) is 0 Å². The smallest absolute Gasteiger partial charge is 0.332 e. The summed E-state index contributed by atoms with van der Waals surface area (Å²) in [6, 6.07) is 9.24. The van der Waals surface area contributed by atoms with Gasteiger partial charge in [-0.3, -0.25) is 14.5 Å². The summed E-state index contributed by atoms with van der Waals surface area (Å²) < 4.78 is 9.80. The molecule has 9 heteroatoms. The van der Waals surface area contributed by atoms with Crippen molar-refractivity contribution in [3.8, 4) is 0 Å². The molecule has 1 aromatic rings. The summed E-state index contributed by atoms with van der Waals surface area (Å²) in [6.07, 6.45) is 1.49. The average molecular weight is 449 g/mol. The second kappa shape index (κ2) is 12.7. The average Bonchev–Trinajstić information content (AvgIpc) is 2.72. The Morgan fingerprint density at radius 3 is 2.10 bits per heavy atom. The zero-order valence-electron chi connectivity index (χ0n) is 17.1. The van der Waals surface area contributed by atoms with E-state index >= 15 is 0 Å². The highest BCUT2D eigenvalue weighted by atomic mass is 35.5. The molecule has 1 amide bonds. The number of nitrogens with zero attached hydrogens (tertiary/aromatic N) is 2. The molecule has 0 saturated carbocycles. The van der Waals surface area contributed by atoms with Crippen LogP contribution in [0.5, 0.6) is 0 Å². The van der Waals surface area contributed by atoms with Crippen molar-refractivity contribution in [3.05, 3.63) is 30.3 Å². The van der Waals surface area contributed by atoms with E-state index in [0.717, 1.165) is 0 Å². The number of piperidine rings is 1. The highest BCUT2D eigenvalue weighted by Gasteiger charge is 2.49. The molecule has 29 heavy (non-hydrogen) atoms.